The van der Waals surface area contributed by atoms with Gasteiger partial charge in [-0.05, 0) is 36.4 Å². The SMILES string of the molecule is COc1ccc(NC(N)=NCCc2coc(-c3ccc(F)cc3)n2)cc1OC. The van der Waals surface area contributed by atoms with E-state index in [1.165, 1.54) is 12.1 Å². The van der Waals surface area contributed by atoms with Crippen LogP contribution < -0.4 is 20.5 Å². The van der Waals surface area contributed by atoms with Crippen molar-refractivity contribution < 1.29 is 18.3 Å². The lowest BCUT2D eigenvalue weighted by atomic mass is 10.2. The maximum Gasteiger partial charge on any atom is 0.226 e. The molecule has 0 saturated carbocycles. The van der Waals surface area contributed by atoms with Gasteiger partial charge in [-0.15, -0.1) is 0 Å². The smallest absolute Gasteiger partial charge is 0.226 e. The third kappa shape index (κ3) is 4.79. The second kappa shape index (κ2) is 8.90. The Morgan fingerprint density at radius 2 is 1.89 bits per heavy atom. The van der Waals surface area contributed by atoms with E-state index < -0.39 is 0 Å². The highest BCUT2D eigenvalue weighted by Gasteiger charge is 2.07. The van der Waals surface area contributed by atoms with Gasteiger partial charge < -0.3 is 24.9 Å². The van der Waals surface area contributed by atoms with Gasteiger partial charge in [0.1, 0.15) is 12.1 Å². The molecule has 0 spiro atoms. The second-order valence-electron chi connectivity index (χ2n) is 5.86. The molecule has 1 heterocycles. The summed E-state index contributed by atoms with van der Waals surface area (Å²) in [4.78, 5) is 8.67. The van der Waals surface area contributed by atoms with Crippen molar-refractivity contribution in [3.8, 4) is 23.0 Å². The third-order valence-corrected chi connectivity index (χ3v) is 3.95. The van der Waals surface area contributed by atoms with Crippen LogP contribution in [-0.4, -0.2) is 31.7 Å². The standard InChI is InChI=1S/C20H21FN4O3/c1-26-17-8-7-15(11-18(17)27-2)25-20(22)23-10-9-16-12-28-19(24-16)13-3-5-14(21)6-4-13/h3-8,11-12H,9-10H2,1-2H3,(H3,22,23,25). The lowest BCUT2D eigenvalue weighted by Crippen LogP contribution is -2.23. The number of hydrogen-bond acceptors (Lipinski definition) is 5. The molecule has 0 bridgehead atoms. The summed E-state index contributed by atoms with van der Waals surface area (Å²) in [6, 6.07) is 11.3. The zero-order valence-corrected chi connectivity index (χ0v) is 15.6. The largest absolute Gasteiger partial charge is 0.493 e. The number of methoxy groups -OCH3 is 2. The van der Waals surface area contributed by atoms with Crippen molar-refractivity contribution >= 4 is 11.6 Å². The molecule has 0 aliphatic heterocycles. The molecule has 1 aromatic heterocycles. The van der Waals surface area contributed by atoms with E-state index in [1.807, 2.05) is 6.07 Å². The molecule has 3 aromatic rings. The van der Waals surface area contributed by atoms with Gasteiger partial charge in [0.05, 0.1) is 19.9 Å². The normalized spacial score (nSPS) is 11.3. The summed E-state index contributed by atoms with van der Waals surface area (Å²) in [5.74, 6) is 1.63. The fourth-order valence-corrected chi connectivity index (χ4v) is 2.54. The first-order chi connectivity index (χ1) is 13.6. The Labute approximate surface area is 162 Å². The van der Waals surface area contributed by atoms with Gasteiger partial charge in [-0.3, -0.25) is 4.99 Å². The molecule has 0 fully saturated rings. The molecule has 0 saturated heterocycles. The maximum absolute atomic E-state index is 13.0. The van der Waals surface area contributed by atoms with Crippen LogP contribution in [0.2, 0.25) is 0 Å². The average molecular weight is 384 g/mol. The van der Waals surface area contributed by atoms with Crippen LogP contribution in [0, 0.1) is 5.82 Å². The molecule has 0 unspecified atom stereocenters. The summed E-state index contributed by atoms with van der Waals surface area (Å²) in [5.41, 5.74) is 8.12. The number of aliphatic imine (C=N–C) groups is 1. The average Bonchev–Trinajstić information content (AvgIpc) is 3.17. The zero-order chi connectivity index (χ0) is 19.9. The van der Waals surface area contributed by atoms with Gasteiger partial charge in [0.25, 0.3) is 0 Å². The fraction of sp³-hybridized carbons (Fsp3) is 0.200. The summed E-state index contributed by atoms with van der Waals surface area (Å²) >= 11 is 0. The number of benzene rings is 2. The predicted octanol–water partition coefficient (Wildman–Crippen LogP) is 3.47. The number of guanidine groups is 1. The van der Waals surface area contributed by atoms with Crippen molar-refractivity contribution in [1.29, 1.82) is 0 Å². The Hall–Kier alpha value is -3.55. The van der Waals surface area contributed by atoms with E-state index in [-0.39, 0.29) is 11.8 Å². The number of aromatic nitrogens is 1. The molecule has 0 amide bonds. The quantitative estimate of drug-likeness (QED) is 0.478. The zero-order valence-electron chi connectivity index (χ0n) is 15.6. The number of hydrogen-bond donors (Lipinski definition) is 2. The number of rotatable bonds is 7. The van der Waals surface area contributed by atoms with Gasteiger partial charge in [0.15, 0.2) is 17.5 Å². The lowest BCUT2D eigenvalue weighted by molar-refractivity contribution is 0.355. The van der Waals surface area contributed by atoms with Crippen LogP contribution in [-0.2, 0) is 6.42 Å². The molecule has 146 valence electrons. The van der Waals surface area contributed by atoms with Crippen molar-refractivity contribution in [2.75, 3.05) is 26.1 Å². The van der Waals surface area contributed by atoms with Crippen LogP contribution in [0.1, 0.15) is 5.69 Å². The van der Waals surface area contributed by atoms with Crippen LogP contribution in [0.5, 0.6) is 11.5 Å². The lowest BCUT2D eigenvalue weighted by Gasteiger charge is -2.10. The van der Waals surface area contributed by atoms with E-state index in [2.05, 4.69) is 15.3 Å². The summed E-state index contributed by atoms with van der Waals surface area (Å²) in [7, 11) is 3.14. The minimum atomic E-state index is -0.303. The predicted molar refractivity (Wildman–Crippen MR) is 105 cm³/mol. The minimum Gasteiger partial charge on any atom is -0.493 e. The van der Waals surface area contributed by atoms with Crippen molar-refractivity contribution in [3.63, 3.8) is 0 Å². The Kier molecular flexibility index (Phi) is 6.11. The molecule has 3 rings (SSSR count). The van der Waals surface area contributed by atoms with E-state index in [9.17, 15) is 4.39 Å². The van der Waals surface area contributed by atoms with E-state index in [0.29, 0.717) is 35.9 Å². The summed E-state index contributed by atoms with van der Waals surface area (Å²) < 4.78 is 28.9. The van der Waals surface area contributed by atoms with Crippen LogP contribution in [0.15, 0.2) is 58.1 Å². The first kappa shape index (κ1) is 19.2. The number of nitrogens with one attached hydrogen (secondary N) is 1. The molecule has 7 nitrogen and oxygen atoms in total. The van der Waals surface area contributed by atoms with Gasteiger partial charge in [-0.1, -0.05) is 0 Å². The fourth-order valence-electron chi connectivity index (χ4n) is 2.54. The molecule has 0 aliphatic carbocycles. The highest BCUT2D eigenvalue weighted by molar-refractivity contribution is 5.92. The van der Waals surface area contributed by atoms with Crippen molar-refractivity contribution in [1.82, 2.24) is 4.98 Å². The van der Waals surface area contributed by atoms with Gasteiger partial charge in [-0.25, -0.2) is 9.37 Å². The molecule has 3 N–H and O–H groups in total. The van der Waals surface area contributed by atoms with E-state index in [1.54, 1.807) is 44.7 Å². The monoisotopic (exact) mass is 384 g/mol. The molecule has 0 atom stereocenters. The first-order valence-corrected chi connectivity index (χ1v) is 8.58. The van der Waals surface area contributed by atoms with Gasteiger partial charge in [0, 0.05) is 30.3 Å². The minimum absolute atomic E-state index is 0.273. The number of oxazole rings is 1. The highest BCUT2D eigenvalue weighted by Crippen LogP contribution is 2.29. The number of anilines is 1. The summed E-state index contributed by atoms with van der Waals surface area (Å²) in [5, 5.41) is 3.00. The van der Waals surface area contributed by atoms with E-state index >= 15 is 0 Å². The second-order valence-corrected chi connectivity index (χ2v) is 5.86. The number of nitrogens with zero attached hydrogens (tertiary/aromatic N) is 2. The summed E-state index contributed by atoms with van der Waals surface area (Å²) in [6.45, 7) is 0.432. The number of ether oxygens (including phenoxy) is 2. The molecule has 2 aromatic carbocycles. The molecule has 0 radical (unpaired) electrons. The van der Waals surface area contributed by atoms with Crippen molar-refractivity contribution in [2.24, 2.45) is 10.7 Å². The Morgan fingerprint density at radius 3 is 2.61 bits per heavy atom. The molecular weight excluding hydrogens is 363 g/mol. The number of halogens is 1. The van der Waals surface area contributed by atoms with E-state index in [0.717, 1.165) is 11.4 Å². The Bertz CT molecular complexity index is 954. The summed E-state index contributed by atoms with van der Waals surface area (Å²) in [6.07, 6.45) is 2.12. The maximum atomic E-state index is 13.0. The van der Waals surface area contributed by atoms with Gasteiger partial charge in [0.2, 0.25) is 5.89 Å². The third-order valence-electron chi connectivity index (χ3n) is 3.95. The van der Waals surface area contributed by atoms with Crippen LogP contribution in [0.4, 0.5) is 10.1 Å². The van der Waals surface area contributed by atoms with Crippen LogP contribution in [0.3, 0.4) is 0 Å². The molecular formula is C20H21FN4O3. The molecule has 0 aliphatic rings. The van der Waals surface area contributed by atoms with Crippen molar-refractivity contribution in [2.45, 2.75) is 6.42 Å². The Balaban J connectivity index is 1.56. The van der Waals surface area contributed by atoms with Gasteiger partial charge >= 0.3 is 0 Å². The van der Waals surface area contributed by atoms with E-state index in [4.69, 9.17) is 19.6 Å². The number of nitrogens with two attached hydrogens (primary N) is 1. The topological polar surface area (TPSA) is 94.9 Å². The first-order valence-electron chi connectivity index (χ1n) is 8.58. The van der Waals surface area contributed by atoms with Crippen LogP contribution >= 0.6 is 0 Å². The van der Waals surface area contributed by atoms with Crippen molar-refractivity contribution in [3.05, 3.63) is 60.2 Å². The highest BCUT2D eigenvalue weighted by atomic mass is 19.1. The molecule has 28 heavy (non-hydrogen) atoms. The van der Waals surface area contributed by atoms with Crippen LogP contribution in [0.25, 0.3) is 11.5 Å². The van der Waals surface area contributed by atoms with Gasteiger partial charge in [-0.2, -0.15) is 0 Å². The Morgan fingerprint density at radius 1 is 1.14 bits per heavy atom. The molecule has 8 heteroatoms.